The summed E-state index contributed by atoms with van der Waals surface area (Å²) in [5.41, 5.74) is 10.9. The molecule has 1 fully saturated rings. The van der Waals surface area contributed by atoms with E-state index in [1.165, 1.54) is 0 Å². The van der Waals surface area contributed by atoms with E-state index < -0.39 is 0 Å². The Balaban J connectivity index is 1.94. The number of nitriles is 2. The summed E-state index contributed by atoms with van der Waals surface area (Å²) in [5, 5.41) is 19.5. The molecule has 5 heteroatoms. The molecule has 0 spiro atoms. The second-order valence-electron chi connectivity index (χ2n) is 4.43. The van der Waals surface area contributed by atoms with Gasteiger partial charge in [0.15, 0.2) is 0 Å². The summed E-state index contributed by atoms with van der Waals surface area (Å²) in [4.78, 5) is 0. The number of nitrogens with two attached hydrogens (primary N) is 1. The van der Waals surface area contributed by atoms with Gasteiger partial charge in [-0.2, -0.15) is 10.5 Å². The van der Waals surface area contributed by atoms with Crippen LogP contribution in [0.4, 0.5) is 0 Å². The summed E-state index contributed by atoms with van der Waals surface area (Å²) in [6.45, 7) is 2.06. The minimum atomic E-state index is -0.123. The maximum Gasteiger partial charge on any atom is 0.0991 e. The van der Waals surface area contributed by atoms with Crippen LogP contribution in [0.15, 0.2) is 24.3 Å². The number of hydrazine groups is 1. The predicted octanol–water partition coefficient (Wildman–Crippen LogP) is 0.518. The van der Waals surface area contributed by atoms with Crippen LogP contribution in [-0.4, -0.2) is 24.6 Å². The molecule has 3 N–H and O–H groups in total. The lowest BCUT2D eigenvalue weighted by Crippen LogP contribution is -2.37. The van der Waals surface area contributed by atoms with Crippen molar-refractivity contribution >= 4 is 0 Å². The zero-order valence-electron chi connectivity index (χ0n) is 10.0. The van der Waals surface area contributed by atoms with Gasteiger partial charge in [0.25, 0.3) is 0 Å². The number of hydrogen-bond acceptors (Lipinski definition) is 5. The van der Waals surface area contributed by atoms with Crippen LogP contribution in [0.1, 0.15) is 17.2 Å². The second kappa shape index (κ2) is 5.61. The van der Waals surface area contributed by atoms with Crippen LogP contribution in [0.25, 0.3) is 0 Å². The highest BCUT2D eigenvalue weighted by Crippen LogP contribution is 2.14. The maximum atomic E-state index is 8.81. The van der Waals surface area contributed by atoms with E-state index in [1.807, 2.05) is 17.1 Å². The Morgan fingerprint density at radius 3 is 2.67 bits per heavy atom. The summed E-state index contributed by atoms with van der Waals surface area (Å²) in [7, 11) is 0. The fourth-order valence-corrected chi connectivity index (χ4v) is 2.01. The van der Waals surface area contributed by atoms with Crippen LogP contribution in [0.2, 0.25) is 0 Å². The van der Waals surface area contributed by atoms with Crippen molar-refractivity contribution < 1.29 is 0 Å². The zero-order chi connectivity index (χ0) is 13.0. The van der Waals surface area contributed by atoms with Crippen molar-refractivity contribution in [1.82, 2.24) is 10.4 Å². The molecule has 1 saturated heterocycles. The highest BCUT2D eigenvalue weighted by atomic mass is 15.5. The van der Waals surface area contributed by atoms with E-state index >= 15 is 0 Å². The first kappa shape index (κ1) is 12.5. The quantitative estimate of drug-likeness (QED) is 0.805. The minimum absolute atomic E-state index is 0.0400. The topological polar surface area (TPSA) is 88.9 Å². The van der Waals surface area contributed by atoms with E-state index in [-0.39, 0.29) is 12.0 Å². The van der Waals surface area contributed by atoms with E-state index in [1.54, 1.807) is 12.1 Å². The summed E-state index contributed by atoms with van der Waals surface area (Å²) >= 11 is 0. The fourth-order valence-electron chi connectivity index (χ4n) is 2.01. The average molecular weight is 241 g/mol. The summed E-state index contributed by atoms with van der Waals surface area (Å²) < 4.78 is 0. The van der Waals surface area contributed by atoms with Crippen molar-refractivity contribution in [2.24, 2.45) is 11.7 Å². The molecule has 5 nitrogen and oxygen atoms in total. The molecular formula is C13H15N5. The molecule has 1 aliphatic heterocycles. The summed E-state index contributed by atoms with van der Waals surface area (Å²) in [5.74, 6) is 0.0400. The molecule has 1 aliphatic rings. The van der Waals surface area contributed by atoms with Crippen molar-refractivity contribution in [2.75, 3.05) is 19.6 Å². The first-order chi connectivity index (χ1) is 8.72. The molecule has 0 saturated carbocycles. The van der Waals surface area contributed by atoms with E-state index in [0.717, 1.165) is 5.56 Å². The van der Waals surface area contributed by atoms with Crippen molar-refractivity contribution in [3.05, 3.63) is 35.4 Å². The summed E-state index contributed by atoms with van der Waals surface area (Å²) in [6, 6.07) is 11.5. The number of hydrogen-bond donors (Lipinski definition) is 2. The van der Waals surface area contributed by atoms with Crippen LogP contribution in [0, 0.1) is 28.6 Å². The molecule has 2 rings (SSSR count). The molecule has 92 valence electrons. The van der Waals surface area contributed by atoms with Crippen LogP contribution in [-0.2, 0) is 0 Å². The lowest BCUT2D eigenvalue weighted by Gasteiger charge is -2.20. The maximum absolute atomic E-state index is 8.81. The van der Waals surface area contributed by atoms with Gasteiger partial charge in [0.1, 0.15) is 0 Å². The smallest absolute Gasteiger partial charge is 0.0991 e. The molecule has 1 aromatic carbocycles. The molecular weight excluding hydrogens is 226 g/mol. The van der Waals surface area contributed by atoms with E-state index in [9.17, 15) is 0 Å². The van der Waals surface area contributed by atoms with Crippen LogP contribution in [0.3, 0.4) is 0 Å². The highest BCUT2D eigenvalue weighted by molar-refractivity contribution is 5.32. The van der Waals surface area contributed by atoms with Gasteiger partial charge >= 0.3 is 0 Å². The Kier molecular flexibility index (Phi) is 3.91. The Bertz CT molecular complexity index is 482. The molecule has 2 atom stereocenters. The first-order valence-electron chi connectivity index (χ1n) is 5.86. The number of nitrogens with zero attached hydrogens (tertiary/aromatic N) is 3. The van der Waals surface area contributed by atoms with Gasteiger partial charge in [-0.25, -0.2) is 5.01 Å². The molecule has 1 aromatic rings. The summed E-state index contributed by atoms with van der Waals surface area (Å²) in [6.07, 6.45) is 0. The largest absolute Gasteiger partial charge is 0.323 e. The van der Waals surface area contributed by atoms with E-state index in [2.05, 4.69) is 17.6 Å². The Morgan fingerprint density at radius 2 is 2.11 bits per heavy atom. The lowest BCUT2D eigenvalue weighted by molar-refractivity contribution is 0.235. The van der Waals surface area contributed by atoms with Gasteiger partial charge in [0.2, 0.25) is 0 Å². The third-order valence-electron chi connectivity index (χ3n) is 3.07. The minimum Gasteiger partial charge on any atom is -0.323 e. The fraction of sp³-hybridized carbons (Fsp3) is 0.385. The third-order valence-corrected chi connectivity index (χ3v) is 3.07. The van der Waals surface area contributed by atoms with Crippen LogP contribution in [0.5, 0.6) is 0 Å². The van der Waals surface area contributed by atoms with Gasteiger partial charge in [0, 0.05) is 25.7 Å². The SMILES string of the molecule is N#Cc1ccc(C(N)CN2CC(C#N)CN2)cc1. The average Bonchev–Trinajstić information content (AvgIpc) is 2.86. The Hall–Kier alpha value is -1.92. The standard InChI is InChI=1S/C13H15N5/c14-5-10-1-3-12(4-2-10)13(16)9-18-8-11(6-15)7-17-18/h1-4,11,13,17H,7-9,16H2. The number of nitrogens with one attached hydrogen (secondary N) is 1. The van der Waals surface area contributed by atoms with Crippen LogP contribution >= 0.6 is 0 Å². The van der Waals surface area contributed by atoms with Gasteiger partial charge in [-0.1, -0.05) is 12.1 Å². The van der Waals surface area contributed by atoms with Crippen molar-refractivity contribution in [1.29, 1.82) is 10.5 Å². The molecule has 0 bridgehead atoms. The van der Waals surface area contributed by atoms with E-state index in [4.69, 9.17) is 16.3 Å². The Labute approximate surface area is 106 Å². The second-order valence-corrected chi connectivity index (χ2v) is 4.43. The number of benzene rings is 1. The molecule has 0 amide bonds. The van der Waals surface area contributed by atoms with Crippen molar-refractivity contribution in [3.63, 3.8) is 0 Å². The van der Waals surface area contributed by atoms with Gasteiger partial charge < -0.3 is 5.73 Å². The molecule has 1 heterocycles. The molecule has 18 heavy (non-hydrogen) atoms. The van der Waals surface area contributed by atoms with Gasteiger partial charge in [-0.05, 0) is 17.7 Å². The van der Waals surface area contributed by atoms with Crippen molar-refractivity contribution in [2.45, 2.75) is 6.04 Å². The van der Waals surface area contributed by atoms with Gasteiger partial charge in [0.05, 0.1) is 23.6 Å². The van der Waals surface area contributed by atoms with E-state index in [0.29, 0.717) is 25.2 Å². The van der Waals surface area contributed by atoms with Gasteiger partial charge in [-0.15, -0.1) is 0 Å². The molecule has 0 aliphatic carbocycles. The predicted molar refractivity (Wildman–Crippen MR) is 66.8 cm³/mol. The monoisotopic (exact) mass is 241 g/mol. The lowest BCUT2D eigenvalue weighted by atomic mass is 10.1. The van der Waals surface area contributed by atoms with Crippen LogP contribution < -0.4 is 11.2 Å². The van der Waals surface area contributed by atoms with Crippen molar-refractivity contribution in [3.8, 4) is 12.1 Å². The third kappa shape index (κ3) is 2.85. The molecule has 0 radical (unpaired) electrons. The molecule has 0 aromatic heterocycles. The normalized spacial score (nSPS) is 21.2. The van der Waals surface area contributed by atoms with Gasteiger partial charge in [-0.3, -0.25) is 5.43 Å². The first-order valence-corrected chi connectivity index (χ1v) is 5.86. The Morgan fingerprint density at radius 1 is 1.39 bits per heavy atom. The zero-order valence-corrected chi connectivity index (χ0v) is 10.0. The molecule has 2 unspecified atom stereocenters. The highest BCUT2D eigenvalue weighted by Gasteiger charge is 2.23. The number of rotatable bonds is 3.